The van der Waals surface area contributed by atoms with Crippen molar-refractivity contribution in [2.45, 2.75) is 25.9 Å². The fraction of sp³-hybridized carbons (Fsp3) is 0.467. The Kier molecular flexibility index (Phi) is 5.74. The summed E-state index contributed by atoms with van der Waals surface area (Å²) in [6, 6.07) is 3.49. The van der Waals surface area contributed by atoms with E-state index in [2.05, 4.69) is 10.3 Å². The van der Waals surface area contributed by atoms with Crippen molar-refractivity contribution in [1.29, 1.82) is 0 Å². The Hall–Kier alpha value is -2.12. The number of nitrogens with one attached hydrogen (secondary N) is 1. The average molecular weight is 308 g/mol. The Bertz CT molecular complexity index is 591. The molecule has 0 saturated heterocycles. The molecule has 0 fully saturated rings. The molecule has 0 aromatic carbocycles. The van der Waals surface area contributed by atoms with Gasteiger partial charge in [-0.1, -0.05) is 0 Å². The van der Waals surface area contributed by atoms with Crippen LogP contribution in [0.3, 0.4) is 0 Å². The van der Waals surface area contributed by atoms with Crippen LogP contribution in [0.5, 0.6) is 0 Å². The van der Waals surface area contributed by atoms with E-state index in [9.17, 15) is 9.90 Å². The summed E-state index contributed by atoms with van der Waals surface area (Å²) >= 11 is 0. The number of aromatic nitrogens is 1. The van der Waals surface area contributed by atoms with Gasteiger partial charge in [0.15, 0.2) is 5.76 Å². The van der Waals surface area contributed by atoms with Crippen LogP contribution in [0.25, 0.3) is 11.7 Å². The summed E-state index contributed by atoms with van der Waals surface area (Å²) in [5, 5.41) is 12.2. The van der Waals surface area contributed by atoms with Crippen molar-refractivity contribution >= 4 is 5.91 Å². The van der Waals surface area contributed by atoms with E-state index in [1.807, 2.05) is 0 Å². The van der Waals surface area contributed by atoms with Gasteiger partial charge in [-0.25, -0.2) is 4.98 Å². The summed E-state index contributed by atoms with van der Waals surface area (Å²) in [5.74, 6) is 1.30. The van der Waals surface area contributed by atoms with Crippen LogP contribution in [0.1, 0.15) is 17.9 Å². The lowest BCUT2D eigenvalue weighted by atomic mass is 10.2. The van der Waals surface area contributed by atoms with Crippen LogP contribution in [0.15, 0.2) is 27.2 Å². The molecule has 1 unspecified atom stereocenters. The van der Waals surface area contributed by atoms with Crippen LogP contribution in [0, 0.1) is 6.92 Å². The number of furan rings is 1. The number of aliphatic hydroxyl groups is 1. The first-order valence-corrected chi connectivity index (χ1v) is 7.04. The molecular formula is C15H20N2O5. The molecule has 0 aliphatic carbocycles. The predicted octanol–water partition coefficient (Wildman–Crippen LogP) is 1.30. The van der Waals surface area contributed by atoms with Gasteiger partial charge in [-0.2, -0.15) is 0 Å². The van der Waals surface area contributed by atoms with E-state index >= 15 is 0 Å². The fourth-order valence-electron chi connectivity index (χ4n) is 1.97. The van der Waals surface area contributed by atoms with Crippen LogP contribution in [0.2, 0.25) is 0 Å². The second-order valence-corrected chi connectivity index (χ2v) is 4.92. The van der Waals surface area contributed by atoms with Crippen molar-refractivity contribution in [3.63, 3.8) is 0 Å². The molecule has 2 heterocycles. The molecule has 2 aromatic heterocycles. The highest BCUT2D eigenvalue weighted by Gasteiger charge is 2.16. The summed E-state index contributed by atoms with van der Waals surface area (Å²) in [6.45, 7) is 2.39. The summed E-state index contributed by atoms with van der Waals surface area (Å²) in [7, 11) is 1.52. The molecule has 0 spiro atoms. The Labute approximate surface area is 128 Å². The van der Waals surface area contributed by atoms with Gasteiger partial charge in [0.05, 0.1) is 31.1 Å². The number of oxazole rings is 1. The van der Waals surface area contributed by atoms with Gasteiger partial charge in [0, 0.05) is 13.7 Å². The summed E-state index contributed by atoms with van der Waals surface area (Å²) < 4.78 is 15.5. The third-order valence-electron chi connectivity index (χ3n) is 3.11. The smallest absolute Gasteiger partial charge is 0.263 e. The predicted molar refractivity (Wildman–Crippen MR) is 78.2 cm³/mol. The highest BCUT2D eigenvalue weighted by atomic mass is 16.5. The van der Waals surface area contributed by atoms with Crippen molar-refractivity contribution < 1.29 is 23.5 Å². The lowest BCUT2D eigenvalue weighted by Crippen LogP contribution is -2.29. The zero-order valence-electron chi connectivity index (χ0n) is 12.7. The number of rotatable bonds is 8. The number of carbonyl (C=O) groups is 1. The van der Waals surface area contributed by atoms with E-state index < -0.39 is 6.10 Å². The highest BCUT2D eigenvalue weighted by Crippen LogP contribution is 2.22. The van der Waals surface area contributed by atoms with Crippen molar-refractivity contribution in [2.75, 3.05) is 20.3 Å². The maximum Gasteiger partial charge on any atom is 0.263 e. The molecule has 1 amide bonds. The molecule has 2 aromatic rings. The summed E-state index contributed by atoms with van der Waals surface area (Å²) in [5.41, 5.74) is 0.571. The molecule has 7 nitrogen and oxygen atoms in total. The molecule has 7 heteroatoms. The number of hydrogen-bond donors (Lipinski definition) is 2. The Morgan fingerprint density at radius 3 is 3.05 bits per heavy atom. The van der Waals surface area contributed by atoms with Gasteiger partial charge in [-0.3, -0.25) is 4.79 Å². The van der Waals surface area contributed by atoms with Crippen molar-refractivity contribution in [3.8, 4) is 11.7 Å². The molecule has 120 valence electrons. The van der Waals surface area contributed by atoms with Gasteiger partial charge in [-0.15, -0.1) is 0 Å². The SMILES string of the molecule is COCC(O)CCNC(=O)Cc1nc(-c2ccco2)oc1C. The lowest BCUT2D eigenvalue weighted by Gasteiger charge is -2.09. The first-order chi connectivity index (χ1) is 10.6. The Morgan fingerprint density at radius 2 is 2.36 bits per heavy atom. The summed E-state index contributed by atoms with van der Waals surface area (Å²) in [6.07, 6.45) is 1.52. The van der Waals surface area contributed by atoms with E-state index in [4.69, 9.17) is 13.6 Å². The molecular weight excluding hydrogens is 288 g/mol. The number of nitrogens with zero attached hydrogens (tertiary/aromatic N) is 1. The first-order valence-electron chi connectivity index (χ1n) is 7.04. The van der Waals surface area contributed by atoms with Gasteiger partial charge in [0.1, 0.15) is 5.76 Å². The van der Waals surface area contributed by atoms with Crippen LogP contribution >= 0.6 is 0 Å². The highest BCUT2D eigenvalue weighted by molar-refractivity contribution is 5.78. The van der Waals surface area contributed by atoms with E-state index in [1.165, 1.54) is 13.4 Å². The normalized spacial score (nSPS) is 12.3. The van der Waals surface area contributed by atoms with E-state index in [1.54, 1.807) is 19.1 Å². The quantitative estimate of drug-likeness (QED) is 0.763. The second kappa shape index (κ2) is 7.77. The van der Waals surface area contributed by atoms with Crippen LogP contribution in [-0.2, 0) is 16.0 Å². The monoisotopic (exact) mass is 308 g/mol. The maximum absolute atomic E-state index is 11.9. The Balaban J connectivity index is 1.84. The number of hydrogen-bond acceptors (Lipinski definition) is 6. The zero-order chi connectivity index (χ0) is 15.9. The minimum Gasteiger partial charge on any atom is -0.459 e. The van der Waals surface area contributed by atoms with Crippen LogP contribution < -0.4 is 5.32 Å². The standard InChI is InChI=1S/C15H20N2O5/c1-10-12(17-15(22-10)13-4-3-7-21-13)8-14(19)16-6-5-11(18)9-20-2/h3-4,7,11,18H,5-6,8-9H2,1-2H3,(H,16,19). The van der Waals surface area contributed by atoms with Crippen LogP contribution in [-0.4, -0.2) is 42.4 Å². The maximum atomic E-state index is 11.9. The zero-order valence-corrected chi connectivity index (χ0v) is 12.7. The summed E-state index contributed by atoms with van der Waals surface area (Å²) in [4.78, 5) is 16.1. The van der Waals surface area contributed by atoms with Gasteiger partial charge in [-0.05, 0) is 25.5 Å². The topological polar surface area (TPSA) is 97.7 Å². The van der Waals surface area contributed by atoms with Crippen molar-refractivity contribution in [1.82, 2.24) is 10.3 Å². The minimum atomic E-state index is -0.579. The second-order valence-electron chi connectivity index (χ2n) is 4.92. The number of amides is 1. The van der Waals surface area contributed by atoms with Gasteiger partial charge in [0.25, 0.3) is 5.89 Å². The molecule has 0 bridgehead atoms. The Morgan fingerprint density at radius 1 is 1.55 bits per heavy atom. The third kappa shape index (κ3) is 4.44. The molecule has 0 saturated carbocycles. The van der Waals surface area contributed by atoms with E-state index in [0.717, 1.165) is 0 Å². The molecule has 1 atom stereocenters. The number of aliphatic hydroxyl groups excluding tert-OH is 1. The first kappa shape index (κ1) is 16.3. The number of ether oxygens (including phenoxy) is 1. The van der Waals surface area contributed by atoms with E-state index in [-0.39, 0.29) is 18.9 Å². The van der Waals surface area contributed by atoms with Gasteiger partial charge < -0.3 is 24.0 Å². The number of aryl methyl sites for hydroxylation is 1. The average Bonchev–Trinajstić information content (AvgIpc) is 3.10. The molecule has 0 radical (unpaired) electrons. The van der Waals surface area contributed by atoms with Gasteiger partial charge in [0.2, 0.25) is 5.91 Å². The fourth-order valence-corrected chi connectivity index (χ4v) is 1.97. The van der Waals surface area contributed by atoms with Crippen molar-refractivity contribution in [3.05, 3.63) is 29.9 Å². The van der Waals surface area contributed by atoms with Crippen LogP contribution in [0.4, 0.5) is 0 Å². The molecule has 2 N–H and O–H groups in total. The number of carbonyl (C=O) groups excluding carboxylic acids is 1. The largest absolute Gasteiger partial charge is 0.459 e. The minimum absolute atomic E-state index is 0.121. The van der Waals surface area contributed by atoms with Crippen molar-refractivity contribution in [2.24, 2.45) is 0 Å². The molecule has 0 aliphatic rings. The lowest BCUT2D eigenvalue weighted by molar-refractivity contribution is -0.120. The van der Waals surface area contributed by atoms with E-state index in [0.29, 0.717) is 36.1 Å². The number of methoxy groups -OCH3 is 1. The third-order valence-corrected chi connectivity index (χ3v) is 3.11. The molecule has 2 rings (SSSR count). The molecule has 22 heavy (non-hydrogen) atoms. The van der Waals surface area contributed by atoms with Gasteiger partial charge >= 0.3 is 0 Å². The molecule has 0 aliphatic heterocycles.